The van der Waals surface area contributed by atoms with Crippen LogP contribution in [-0.2, 0) is 25.5 Å². The molecule has 1 N–H and O–H groups in total. The van der Waals surface area contributed by atoms with Crippen molar-refractivity contribution in [3.8, 4) is 0 Å². The maximum Gasteiger partial charge on any atom is 0.303 e. The monoisotopic (exact) mass is 442 g/mol. The highest BCUT2D eigenvalue weighted by molar-refractivity contribution is 6.30. The Balaban J connectivity index is 1.86. The van der Waals surface area contributed by atoms with Gasteiger partial charge < -0.3 is 15.0 Å². The molecule has 0 spiro atoms. The second kappa shape index (κ2) is 10.4. The van der Waals surface area contributed by atoms with Crippen molar-refractivity contribution in [2.75, 3.05) is 6.54 Å². The molecule has 1 unspecified atom stereocenters. The quantitative estimate of drug-likeness (QED) is 0.692. The number of nitrogens with one attached hydrogen (secondary N) is 1. The smallest absolute Gasteiger partial charge is 0.303 e. The van der Waals surface area contributed by atoms with Crippen molar-refractivity contribution in [3.05, 3.63) is 70.7 Å². The average molecular weight is 443 g/mol. The van der Waals surface area contributed by atoms with Crippen LogP contribution in [0.4, 0.5) is 0 Å². The zero-order valence-electron chi connectivity index (χ0n) is 17.7. The molecule has 0 bridgehead atoms. The van der Waals surface area contributed by atoms with Gasteiger partial charge in [-0.1, -0.05) is 54.1 Å². The lowest BCUT2D eigenvalue weighted by Crippen LogP contribution is -2.53. The molecule has 1 saturated heterocycles. The first-order valence-corrected chi connectivity index (χ1v) is 10.8. The molecule has 3 rings (SSSR count). The molecule has 1 aliphatic rings. The molecule has 1 heterocycles. The average Bonchev–Trinajstić information content (AvgIpc) is 2.73. The number of halogens is 1. The Morgan fingerprint density at radius 1 is 1.10 bits per heavy atom. The third kappa shape index (κ3) is 6.31. The van der Waals surface area contributed by atoms with Crippen LogP contribution in [0.3, 0.4) is 0 Å². The summed E-state index contributed by atoms with van der Waals surface area (Å²) in [5.74, 6) is -0.844. The predicted octanol–water partition coefficient (Wildman–Crippen LogP) is 3.68. The topological polar surface area (TPSA) is 75.7 Å². The lowest BCUT2D eigenvalue weighted by molar-refractivity contribution is -0.161. The van der Waals surface area contributed by atoms with Crippen LogP contribution in [0.25, 0.3) is 0 Å². The molecule has 0 saturated carbocycles. The summed E-state index contributed by atoms with van der Waals surface area (Å²) in [7, 11) is 0. The maximum atomic E-state index is 13.6. The van der Waals surface area contributed by atoms with E-state index in [1.165, 1.54) is 13.8 Å². The molecule has 2 amide bonds. The van der Waals surface area contributed by atoms with E-state index in [1.807, 2.05) is 42.5 Å². The Labute approximate surface area is 187 Å². The van der Waals surface area contributed by atoms with Crippen molar-refractivity contribution >= 4 is 29.4 Å². The van der Waals surface area contributed by atoms with Crippen molar-refractivity contribution in [2.45, 2.75) is 51.3 Å². The number of benzene rings is 2. The van der Waals surface area contributed by atoms with Gasteiger partial charge in [-0.05, 0) is 37.0 Å². The summed E-state index contributed by atoms with van der Waals surface area (Å²) >= 11 is 6.01. The third-order valence-electron chi connectivity index (χ3n) is 5.40. The van der Waals surface area contributed by atoms with Crippen LogP contribution in [0.5, 0.6) is 0 Å². The van der Waals surface area contributed by atoms with E-state index < -0.39 is 12.1 Å². The third-order valence-corrected chi connectivity index (χ3v) is 5.65. The van der Waals surface area contributed by atoms with Crippen LogP contribution in [0.1, 0.15) is 43.9 Å². The highest BCUT2D eigenvalue weighted by atomic mass is 35.5. The molecule has 6 nitrogen and oxygen atoms in total. The molecule has 2 aromatic carbocycles. The minimum Gasteiger partial charge on any atom is -0.447 e. The van der Waals surface area contributed by atoms with E-state index >= 15 is 0 Å². The van der Waals surface area contributed by atoms with Gasteiger partial charge in [-0.25, -0.2) is 0 Å². The van der Waals surface area contributed by atoms with Gasteiger partial charge in [0.2, 0.25) is 12.0 Å². The van der Waals surface area contributed by atoms with Crippen LogP contribution in [0.2, 0.25) is 5.02 Å². The largest absolute Gasteiger partial charge is 0.447 e. The van der Waals surface area contributed by atoms with Crippen LogP contribution in [0.15, 0.2) is 54.6 Å². The predicted molar refractivity (Wildman–Crippen MR) is 118 cm³/mol. The van der Waals surface area contributed by atoms with E-state index in [0.717, 1.165) is 5.56 Å². The summed E-state index contributed by atoms with van der Waals surface area (Å²) < 4.78 is 5.44. The normalized spacial score (nSPS) is 19.4. The first kappa shape index (κ1) is 22.8. The number of nitrogens with zero attached hydrogens (tertiary/aromatic N) is 1. The van der Waals surface area contributed by atoms with E-state index in [2.05, 4.69) is 5.32 Å². The van der Waals surface area contributed by atoms with Gasteiger partial charge in [-0.15, -0.1) is 0 Å². The van der Waals surface area contributed by atoms with Crippen molar-refractivity contribution in [1.29, 1.82) is 0 Å². The Morgan fingerprint density at radius 3 is 2.39 bits per heavy atom. The van der Waals surface area contributed by atoms with Gasteiger partial charge in [-0.3, -0.25) is 14.4 Å². The van der Waals surface area contributed by atoms with E-state index in [9.17, 15) is 14.4 Å². The number of carbonyl (C=O) groups excluding carboxylic acids is 3. The van der Waals surface area contributed by atoms with Crippen molar-refractivity contribution in [3.63, 3.8) is 0 Å². The number of ether oxygens (including phenoxy) is 1. The number of hydrogen-bond donors (Lipinski definition) is 1. The maximum absolute atomic E-state index is 13.6. The fourth-order valence-corrected chi connectivity index (χ4v) is 4.18. The summed E-state index contributed by atoms with van der Waals surface area (Å²) in [6.07, 6.45) is 0.879. The fraction of sp³-hybridized carbons (Fsp3) is 0.375. The molecule has 0 aromatic heterocycles. The molecule has 1 fully saturated rings. The Morgan fingerprint density at radius 2 is 1.77 bits per heavy atom. The van der Waals surface area contributed by atoms with E-state index in [4.69, 9.17) is 16.3 Å². The molecule has 2 aromatic rings. The van der Waals surface area contributed by atoms with E-state index in [-0.39, 0.29) is 23.9 Å². The van der Waals surface area contributed by atoms with Crippen LogP contribution < -0.4 is 5.32 Å². The minimum absolute atomic E-state index is 0.0113. The standard InChI is InChI=1S/C24H27ClN2O4/c1-16(28)26-21-12-13-27(22(15-21)14-18-8-10-20(25)11-9-18)24(30)23(31-17(2)29)19-6-4-3-5-7-19/h3-11,21-23H,12-15H2,1-2H3,(H,26,28)/t21-,22+,23?/m0/s1. The molecule has 7 heteroatoms. The van der Waals surface area contributed by atoms with E-state index in [1.54, 1.807) is 17.0 Å². The summed E-state index contributed by atoms with van der Waals surface area (Å²) in [4.78, 5) is 38.7. The molecule has 3 atom stereocenters. The molecular formula is C24H27ClN2O4. The molecule has 164 valence electrons. The molecule has 0 radical (unpaired) electrons. The van der Waals surface area contributed by atoms with Gasteiger partial charge in [0.15, 0.2) is 0 Å². The fourth-order valence-electron chi connectivity index (χ4n) is 4.05. The van der Waals surface area contributed by atoms with Gasteiger partial charge >= 0.3 is 5.97 Å². The summed E-state index contributed by atoms with van der Waals surface area (Å²) in [5, 5.41) is 3.62. The molecule has 31 heavy (non-hydrogen) atoms. The van der Waals surface area contributed by atoms with Gasteiger partial charge in [0.05, 0.1) is 0 Å². The number of piperidine rings is 1. The highest BCUT2D eigenvalue weighted by Crippen LogP contribution is 2.28. The van der Waals surface area contributed by atoms with Gasteiger partial charge in [0, 0.05) is 43.1 Å². The Hall–Kier alpha value is -2.86. The number of likely N-dealkylation sites (tertiary alicyclic amines) is 1. The number of esters is 1. The molecule has 1 aliphatic heterocycles. The van der Waals surface area contributed by atoms with Gasteiger partial charge in [0.1, 0.15) is 0 Å². The second-order valence-corrected chi connectivity index (χ2v) is 8.27. The first-order chi connectivity index (χ1) is 14.8. The Kier molecular flexibility index (Phi) is 7.69. The number of carbonyl (C=O) groups is 3. The Bertz CT molecular complexity index is 917. The lowest BCUT2D eigenvalue weighted by Gasteiger charge is -2.41. The van der Waals surface area contributed by atoms with Gasteiger partial charge in [-0.2, -0.15) is 0 Å². The number of amides is 2. The SMILES string of the molecule is CC(=O)N[C@H]1CCN(C(=O)C(OC(C)=O)c2ccccc2)[C@H](Cc2ccc(Cl)cc2)C1. The second-order valence-electron chi connectivity index (χ2n) is 7.84. The zero-order chi connectivity index (χ0) is 22.4. The first-order valence-electron chi connectivity index (χ1n) is 10.4. The lowest BCUT2D eigenvalue weighted by atomic mass is 9.91. The van der Waals surface area contributed by atoms with Crippen molar-refractivity contribution < 1.29 is 19.1 Å². The minimum atomic E-state index is -0.997. The molecular weight excluding hydrogens is 416 g/mol. The van der Waals surface area contributed by atoms with Crippen LogP contribution in [-0.4, -0.2) is 41.3 Å². The summed E-state index contributed by atoms with van der Waals surface area (Å²) in [6.45, 7) is 3.27. The van der Waals surface area contributed by atoms with Crippen LogP contribution in [0, 0.1) is 0 Å². The zero-order valence-corrected chi connectivity index (χ0v) is 18.5. The number of hydrogen-bond acceptors (Lipinski definition) is 4. The highest BCUT2D eigenvalue weighted by Gasteiger charge is 2.37. The molecule has 0 aliphatic carbocycles. The summed E-state index contributed by atoms with van der Waals surface area (Å²) in [6, 6.07) is 16.4. The van der Waals surface area contributed by atoms with Crippen molar-refractivity contribution in [2.24, 2.45) is 0 Å². The van der Waals surface area contributed by atoms with Crippen molar-refractivity contribution in [1.82, 2.24) is 10.2 Å². The summed E-state index contributed by atoms with van der Waals surface area (Å²) in [5.41, 5.74) is 1.68. The van der Waals surface area contributed by atoms with Crippen LogP contribution >= 0.6 is 11.6 Å². The van der Waals surface area contributed by atoms with Gasteiger partial charge in [0.25, 0.3) is 5.91 Å². The van der Waals surface area contributed by atoms with E-state index in [0.29, 0.717) is 36.4 Å². The number of rotatable bonds is 6.